The molecule has 0 saturated heterocycles. The summed E-state index contributed by atoms with van der Waals surface area (Å²) < 4.78 is 162. The SMILES string of the molecule is O=P(c1ccc(F)cc1)(c1ccc(F)cc1)C(CCI)CC(F)(F)C(F)(F)C(F)(F)C(F)(F)F. The Morgan fingerprint density at radius 1 is 0.706 bits per heavy atom. The Labute approximate surface area is 200 Å². The summed E-state index contributed by atoms with van der Waals surface area (Å²) in [5, 5.41) is -0.700. The molecule has 2 aromatic carbocycles. The summed E-state index contributed by atoms with van der Waals surface area (Å²) in [5.74, 6) is -21.6. The van der Waals surface area contributed by atoms with Crippen LogP contribution in [0.5, 0.6) is 0 Å². The maximum Gasteiger partial charge on any atom is 0.460 e. The van der Waals surface area contributed by atoms with Crippen LogP contribution in [-0.4, -0.2) is 34.0 Å². The number of rotatable bonds is 9. The third-order valence-corrected chi connectivity index (χ3v) is 9.30. The van der Waals surface area contributed by atoms with E-state index in [-0.39, 0.29) is 15.0 Å². The van der Waals surface area contributed by atoms with Crippen LogP contribution in [0.4, 0.5) is 48.3 Å². The largest absolute Gasteiger partial charge is 0.460 e. The Bertz CT molecular complexity index is 971. The maximum absolute atomic E-state index is 14.5. The van der Waals surface area contributed by atoms with Crippen molar-refractivity contribution in [1.82, 2.24) is 0 Å². The molecular formula is C20H15F11IOP. The molecule has 2 aromatic rings. The summed E-state index contributed by atoms with van der Waals surface area (Å²) in [6.07, 6.45) is -9.88. The molecule has 0 saturated carbocycles. The molecule has 0 aliphatic carbocycles. The molecule has 0 heterocycles. The van der Waals surface area contributed by atoms with Crippen molar-refractivity contribution in [2.45, 2.75) is 42.4 Å². The zero-order valence-corrected chi connectivity index (χ0v) is 19.8. The highest BCUT2D eigenvalue weighted by Crippen LogP contribution is 2.59. The molecule has 0 bridgehead atoms. The lowest BCUT2D eigenvalue weighted by Crippen LogP contribution is -2.61. The van der Waals surface area contributed by atoms with Gasteiger partial charge < -0.3 is 4.57 Å². The lowest BCUT2D eigenvalue weighted by Gasteiger charge is -2.37. The molecule has 14 heteroatoms. The Hall–Kier alpha value is -1.37. The fourth-order valence-corrected chi connectivity index (χ4v) is 7.81. The van der Waals surface area contributed by atoms with E-state index in [1.54, 1.807) is 22.6 Å². The fourth-order valence-electron chi connectivity index (χ4n) is 3.27. The highest BCUT2D eigenvalue weighted by molar-refractivity contribution is 14.1. The predicted molar refractivity (Wildman–Crippen MR) is 112 cm³/mol. The summed E-state index contributed by atoms with van der Waals surface area (Å²) in [6, 6.07) is 6.66. The van der Waals surface area contributed by atoms with Crippen molar-refractivity contribution < 1.29 is 52.9 Å². The van der Waals surface area contributed by atoms with Crippen molar-refractivity contribution in [2.24, 2.45) is 0 Å². The van der Waals surface area contributed by atoms with Gasteiger partial charge in [0.1, 0.15) is 18.8 Å². The van der Waals surface area contributed by atoms with E-state index in [1.165, 1.54) is 0 Å². The van der Waals surface area contributed by atoms with Gasteiger partial charge in [-0.2, -0.15) is 39.5 Å². The number of benzene rings is 2. The molecule has 0 aromatic heterocycles. The van der Waals surface area contributed by atoms with E-state index >= 15 is 0 Å². The molecular weight excluding hydrogens is 623 g/mol. The van der Waals surface area contributed by atoms with E-state index in [1.807, 2.05) is 0 Å². The summed E-state index contributed by atoms with van der Waals surface area (Å²) >= 11 is 1.59. The van der Waals surface area contributed by atoms with E-state index in [9.17, 15) is 52.9 Å². The molecule has 0 N–H and O–H groups in total. The van der Waals surface area contributed by atoms with Crippen LogP contribution in [0.2, 0.25) is 0 Å². The summed E-state index contributed by atoms with van der Waals surface area (Å²) in [5.41, 5.74) is -2.08. The molecule has 1 nitrogen and oxygen atoms in total. The fraction of sp³-hybridized carbons (Fsp3) is 0.400. The molecule has 0 aliphatic heterocycles. The van der Waals surface area contributed by atoms with Gasteiger partial charge in [-0.25, -0.2) is 8.78 Å². The molecule has 0 aliphatic rings. The van der Waals surface area contributed by atoms with Gasteiger partial charge >= 0.3 is 23.9 Å². The van der Waals surface area contributed by atoms with Crippen LogP contribution in [0.1, 0.15) is 12.8 Å². The number of hydrogen-bond donors (Lipinski definition) is 0. The standard InChI is InChI=1S/C20H15F11IOP/c21-12-1-5-14(6-2-12)34(33,15-7-3-13(22)4-8-15)16(9-10-32)11-17(23,24)18(25,26)19(27,28)20(29,30)31/h1-8,16H,9-11H2. The van der Waals surface area contributed by atoms with Crippen LogP contribution in [0.25, 0.3) is 0 Å². The summed E-state index contributed by atoms with van der Waals surface area (Å²) in [6.45, 7) is 0. The van der Waals surface area contributed by atoms with Crippen LogP contribution < -0.4 is 10.6 Å². The third kappa shape index (κ3) is 5.24. The van der Waals surface area contributed by atoms with Crippen molar-refractivity contribution >= 4 is 40.3 Å². The van der Waals surface area contributed by atoms with Gasteiger partial charge in [0.15, 0.2) is 0 Å². The van der Waals surface area contributed by atoms with Gasteiger partial charge in [-0.1, -0.05) is 22.6 Å². The van der Waals surface area contributed by atoms with Crippen LogP contribution in [0, 0.1) is 11.6 Å². The second-order valence-electron chi connectivity index (χ2n) is 7.30. The molecule has 0 fully saturated rings. The Morgan fingerprint density at radius 2 is 1.09 bits per heavy atom. The van der Waals surface area contributed by atoms with E-state index < -0.39 is 61.2 Å². The molecule has 0 radical (unpaired) electrons. The first-order valence-electron chi connectivity index (χ1n) is 9.30. The average Bonchev–Trinajstić information content (AvgIpc) is 2.72. The van der Waals surface area contributed by atoms with Crippen molar-refractivity contribution in [2.75, 3.05) is 4.43 Å². The molecule has 190 valence electrons. The molecule has 0 amide bonds. The smallest absolute Gasteiger partial charge is 0.313 e. The molecule has 2 rings (SSSR count). The Kier molecular flexibility index (Phi) is 8.44. The van der Waals surface area contributed by atoms with Crippen molar-refractivity contribution in [1.29, 1.82) is 0 Å². The number of hydrogen-bond acceptors (Lipinski definition) is 1. The zero-order valence-electron chi connectivity index (χ0n) is 16.7. The predicted octanol–water partition coefficient (Wildman–Crippen LogP) is 7.33. The van der Waals surface area contributed by atoms with Crippen LogP contribution in [0.15, 0.2) is 48.5 Å². The third-order valence-electron chi connectivity index (χ3n) is 5.08. The lowest BCUT2D eigenvalue weighted by molar-refractivity contribution is -0.396. The van der Waals surface area contributed by atoms with Crippen LogP contribution >= 0.6 is 29.7 Å². The average molecular weight is 638 g/mol. The zero-order chi connectivity index (χ0) is 26.2. The number of halogens is 12. The van der Waals surface area contributed by atoms with Gasteiger partial charge in [0.05, 0.1) is 0 Å². The van der Waals surface area contributed by atoms with Gasteiger partial charge in [-0.3, -0.25) is 0 Å². The first-order chi connectivity index (χ1) is 15.4. The van der Waals surface area contributed by atoms with E-state index in [4.69, 9.17) is 0 Å². The van der Waals surface area contributed by atoms with E-state index in [0.717, 1.165) is 48.5 Å². The molecule has 1 unspecified atom stereocenters. The normalized spacial score (nSPS) is 14.8. The van der Waals surface area contributed by atoms with Crippen molar-refractivity contribution in [3.63, 3.8) is 0 Å². The lowest BCUT2D eigenvalue weighted by atomic mass is 9.99. The first-order valence-corrected chi connectivity index (χ1v) is 12.6. The minimum Gasteiger partial charge on any atom is -0.313 e. The number of alkyl halides is 10. The summed E-state index contributed by atoms with van der Waals surface area (Å²) in [4.78, 5) is 0. The monoisotopic (exact) mass is 638 g/mol. The van der Waals surface area contributed by atoms with Gasteiger partial charge in [0.25, 0.3) is 0 Å². The maximum atomic E-state index is 14.5. The van der Waals surface area contributed by atoms with Gasteiger partial charge in [-0.15, -0.1) is 0 Å². The minimum absolute atomic E-state index is 0.133. The van der Waals surface area contributed by atoms with Gasteiger partial charge in [0, 0.05) is 27.1 Å². The second kappa shape index (κ2) is 9.94. The van der Waals surface area contributed by atoms with Crippen LogP contribution in [0.3, 0.4) is 0 Å². The van der Waals surface area contributed by atoms with Crippen molar-refractivity contribution in [3.05, 3.63) is 60.2 Å². The quantitative estimate of drug-likeness (QED) is 0.122. The summed E-state index contributed by atoms with van der Waals surface area (Å²) in [7, 11) is -4.53. The molecule has 1 atom stereocenters. The Morgan fingerprint density at radius 3 is 1.41 bits per heavy atom. The van der Waals surface area contributed by atoms with Gasteiger partial charge in [-0.05, 0) is 55.0 Å². The molecule has 0 spiro atoms. The van der Waals surface area contributed by atoms with Crippen LogP contribution in [-0.2, 0) is 4.57 Å². The second-order valence-corrected chi connectivity index (χ2v) is 11.5. The first kappa shape index (κ1) is 28.9. The highest BCUT2D eigenvalue weighted by Gasteiger charge is 2.81. The van der Waals surface area contributed by atoms with Crippen molar-refractivity contribution in [3.8, 4) is 0 Å². The topological polar surface area (TPSA) is 17.1 Å². The van der Waals surface area contributed by atoms with Gasteiger partial charge in [0.2, 0.25) is 0 Å². The Balaban J connectivity index is 2.68. The van der Waals surface area contributed by atoms with E-state index in [0.29, 0.717) is 0 Å². The van der Waals surface area contributed by atoms with E-state index in [2.05, 4.69) is 0 Å². The highest BCUT2D eigenvalue weighted by atomic mass is 127. The minimum atomic E-state index is -7.09. The molecule has 34 heavy (non-hydrogen) atoms.